The van der Waals surface area contributed by atoms with Crippen LogP contribution in [0.2, 0.25) is 0 Å². The molecule has 2 saturated heterocycles. The van der Waals surface area contributed by atoms with Gasteiger partial charge in [-0.1, -0.05) is 0 Å². The van der Waals surface area contributed by atoms with E-state index in [0.29, 0.717) is 0 Å². The lowest BCUT2D eigenvalue weighted by molar-refractivity contribution is -0.208. The summed E-state index contributed by atoms with van der Waals surface area (Å²) in [5, 5.41) is 0. The summed E-state index contributed by atoms with van der Waals surface area (Å²) in [6.07, 6.45) is -0.884. The summed E-state index contributed by atoms with van der Waals surface area (Å²) in [5.41, 5.74) is 0. The van der Waals surface area contributed by atoms with Gasteiger partial charge in [-0.15, -0.1) is 0 Å². The quantitative estimate of drug-likeness (QED) is 0.532. The highest BCUT2D eigenvalue weighted by atomic mass is 16.7. The number of esters is 1. The second kappa shape index (κ2) is 3.79. The van der Waals surface area contributed by atoms with Gasteiger partial charge in [-0.3, -0.25) is 4.79 Å². The number of cyclic esters (lactones) is 1. The van der Waals surface area contributed by atoms with Gasteiger partial charge in [0.1, 0.15) is 12.7 Å². The van der Waals surface area contributed by atoms with Crippen molar-refractivity contribution >= 4 is 11.9 Å². The van der Waals surface area contributed by atoms with Crippen LogP contribution in [0, 0.1) is 0 Å². The fourth-order valence-corrected chi connectivity index (χ4v) is 1.90. The van der Waals surface area contributed by atoms with Gasteiger partial charge in [0.05, 0.1) is 6.54 Å². The zero-order valence-corrected chi connectivity index (χ0v) is 8.63. The number of morpholine rings is 1. The van der Waals surface area contributed by atoms with Crippen molar-refractivity contribution in [2.24, 2.45) is 0 Å². The minimum atomic E-state index is -0.603. The molecule has 6 nitrogen and oxygen atoms in total. The summed E-state index contributed by atoms with van der Waals surface area (Å²) in [4.78, 5) is 24.2. The Labute approximate surface area is 87.1 Å². The highest BCUT2D eigenvalue weighted by Crippen LogP contribution is 2.25. The number of fused-ring (bicyclic) bond motifs is 1. The van der Waals surface area contributed by atoms with Crippen molar-refractivity contribution in [1.82, 2.24) is 4.90 Å². The molecule has 0 saturated carbocycles. The van der Waals surface area contributed by atoms with Gasteiger partial charge in [-0.25, -0.2) is 4.79 Å². The van der Waals surface area contributed by atoms with Crippen LogP contribution in [0.5, 0.6) is 0 Å². The average Bonchev–Trinajstić information content (AvgIpc) is 2.59. The first-order valence-corrected chi connectivity index (χ1v) is 4.75. The molecule has 0 aromatic heterocycles. The Morgan fingerprint density at radius 2 is 2.33 bits per heavy atom. The molecule has 0 spiro atoms. The number of nitrogens with zero attached hydrogens (tertiary/aromatic N) is 1. The third-order valence-electron chi connectivity index (χ3n) is 2.66. The van der Waals surface area contributed by atoms with Crippen LogP contribution in [-0.4, -0.2) is 55.5 Å². The maximum absolute atomic E-state index is 11.4. The minimum Gasteiger partial charge on any atom is -0.461 e. The summed E-state index contributed by atoms with van der Waals surface area (Å²) >= 11 is 0. The monoisotopic (exact) mass is 215 g/mol. The lowest BCUT2D eigenvalue weighted by atomic mass is 10.1. The Kier molecular flexibility index (Phi) is 2.62. The number of ether oxygens (including phenoxy) is 3. The molecule has 15 heavy (non-hydrogen) atoms. The number of hydrogen-bond acceptors (Lipinski definition) is 5. The van der Waals surface area contributed by atoms with Gasteiger partial charge in [0.2, 0.25) is 5.91 Å². The third kappa shape index (κ3) is 1.70. The maximum atomic E-state index is 11.4. The van der Waals surface area contributed by atoms with E-state index in [9.17, 15) is 9.59 Å². The smallest absolute Gasteiger partial charge is 0.331 e. The van der Waals surface area contributed by atoms with Crippen molar-refractivity contribution in [3.8, 4) is 0 Å². The van der Waals surface area contributed by atoms with E-state index in [1.54, 1.807) is 0 Å². The Balaban J connectivity index is 2.19. The SMILES string of the molecule is CO[C@@H]1CN(C(C)=O)[C@H]2C(=O)OCC2O1. The first-order chi connectivity index (χ1) is 7.13. The van der Waals surface area contributed by atoms with Crippen molar-refractivity contribution < 1.29 is 23.8 Å². The number of hydrogen-bond donors (Lipinski definition) is 0. The topological polar surface area (TPSA) is 65.1 Å². The van der Waals surface area contributed by atoms with Gasteiger partial charge in [-0.2, -0.15) is 0 Å². The van der Waals surface area contributed by atoms with Gasteiger partial charge < -0.3 is 19.1 Å². The van der Waals surface area contributed by atoms with Crippen LogP contribution < -0.4 is 0 Å². The molecular weight excluding hydrogens is 202 g/mol. The maximum Gasteiger partial charge on any atom is 0.331 e. The van der Waals surface area contributed by atoms with Crippen molar-refractivity contribution in [2.75, 3.05) is 20.3 Å². The summed E-state index contributed by atoms with van der Waals surface area (Å²) in [6, 6.07) is -0.603. The lowest BCUT2D eigenvalue weighted by Gasteiger charge is -2.37. The second-order valence-corrected chi connectivity index (χ2v) is 3.59. The number of carbonyl (C=O) groups is 2. The molecule has 0 aromatic rings. The standard InChI is InChI=1S/C9H13NO5/c1-5(11)10-3-7(13-2)15-6-4-14-9(12)8(6)10/h6-8H,3-4H2,1-2H3/t6?,7-,8+/m0/s1. The third-order valence-corrected chi connectivity index (χ3v) is 2.66. The van der Waals surface area contributed by atoms with Gasteiger partial charge in [0, 0.05) is 14.0 Å². The zero-order chi connectivity index (χ0) is 11.0. The molecular formula is C9H13NO5. The summed E-state index contributed by atoms with van der Waals surface area (Å²) in [7, 11) is 1.50. The Hall–Kier alpha value is -1.14. The lowest BCUT2D eigenvalue weighted by Crippen LogP contribution is -2.57. The van der Waals surface area contributed by atoms with Gasteiger partial charge in [0.15, 0.2) is 12.3 Å². The summed E-state index contributed by atoms with van der Waals surface area (Å²) in [5.74, 6) is -0.570. The Morgan fingerprint density at radius 1 is 1.60 bits per heavy atom. The molecule has 2 fully saturated rings. The summed E-state index contributed by atoms with van der Waals surface area (Å²) < 4.78 is 15.3. The van der Waals surface area contributed by atoms with Crippen LogP contribution in [0.1, 0.15) is 6.92 Å². The molecule has 2 heterocycles. The number of methoxy groups -OCH3 is 1. The second-order valence-electron chi connectivity index (χ2n) is 3.59. The first kappa shape index (κ1) is 10.4. The van der Waals surface area contributed by atoms with E-state index in [0.717, 1.165) is 0 Å². The first-order valence-electron chi connectivity index (χ1n) is 4.75. The van der Waals surface area contributed by atoms with Gasteiger partial charge in [0.25, 0.3) is 0 Å². The zero-order valence-electron chi connectivity index (χ0n) is 8.63. The molecule has 84 valence electrons. The highest BCUT2D eigenvalue weighted by molar-refractivity contribution is 5.85. The molecule has 3 atom stereocenters. The Bertz CT molecular complexity index is 292. The largest absolute Gasteiger partial charge is 0.461 e. The van der Waals surface area contributed by atoms with Crippen LogP contribution in [0.4, 0.5) is 0 Å². The van der Waals surface area contributed by atoms with Gasteiger partial charge in [-0.05, 0) is 0 Å². The van der Waals surface area contributed by atoms with Crippen molar-refractivity contribution in [3.63, 3.8) is 0 Å². The van der Waals surface area contributed by atoms with E-state index >= 15 is 0 Å². The molecule has 1 unspecified atom stereocenters. The molecule has 2 rings (SSSR count). The van der Waals surface area contributed by atoms with E-state index in [1.807, 2.05) is 0 Å². The molecule has 6 heteroatoms. The predicted octanol–water partition coefficient (Wildman–Crippen LogP) is -0.868. The average molecular weight is 215 g/mol. The van der Waals surface area contributed by atoms with Crippen LogP contribution in [0.25, 0.3) is 0 Å². The van der Waals surface area contributed by atoms with Crippen molar-refractivity contribution in [3.05, 3.63) is 0 Å². The summed E-state index contributed by atoms with van der Waals surface area (Å²) in [6.45, 7) is 1.87. The van der Waals surface area contributed by atoms with E-state index in [4.69, 9.17) is 14.2 Å². The highest BCUT2D eigenvalue weighted by Gasteiger charge is 2.48. The molecule has 0 N–H and O–H groups in total. The molecule has 0 aliphatic carbocycles. The minimum absolute atomic E-state index is 0.172. The predicted molar refractivity (Wildman–Crippen MR) is 47.8 cm³/mol. The van der Waals surface area contributed by atoms with Crippen molar-refractivity contribution in [2.45, 2.75) is 25.4 Å². The molecule has 2 aliphatic heterocycles. The molecule has 0 radical (unpaired) electrons. The molecule has 1 amide bonds. The fraction of sp³-hybridized carbons (Fsp3) is 0.778. The van der Waals surface area contributed by atoms with E-state index in [-0.39, 0.29) is 19.1 Å². The Morgan fingerprint density at radius 3 is 2.93 bits per heavy atom. The van der Waals surface area contributed by atoms with E-state index < -0.39 is 24.4 Å². The van der Waals surface area contributed by atoms with E-state index in [2.05, 4.69) is 0 Å². The van der Waals surface area contributed by atoms with Gasteiger partial charge >= 0.3 is 5.97 Å². The molecule has 0 aromatic carbocycles. The molecule has 2 aliphatic rings. The van der Waals surface area contributed by atoms with E-state index in [1.165, 1.54) is 18.9 Å². The van der Waals surface area contributed by atoms with Crippen LogP contribution in [0.15, 0.2) is 0 Å². The normalized spacial score (nSPS) is 34.9. The fourth-order valence-electron chi connectivity index (χ4n) is 1.90. The van der Waals surface area contributed by atoms with Crippen molar-refractivity contribution in [1.29, 1.82) is 0 Å². The number of amides is 1. The number of carbonyl (C=O) groups excluding carboxylic acids is 2. The number of rotatable bonds is 1. The van der Waals surface area contributed by atoms with Crippen LogP contribution >= 0.6 is 0 Å². The van der Waals surface area contributed by atoms with Crippen LogP contribution in [-0.2, 0) is 23.8 Å². The molecule has 0 bridgehead atoms. The van der Waals surface area contributed by atoms with Crippen LogP contribution in [0.3, 0.4) is 0 Å².